The number of nitrogens with zero attached hydrogens (tertiary/aromatic N) is 2. The molecule has 0 unspecified atom stereocenters. The van der Waals surface area contributed by atoms with Crippen molar-refractivity contribution in [2.24, 2.45) is 0 Å². The van der Waals surface area contributed by atoms with Crippen molar-refractivity contribution in [2.45, 2.75) is 11.8 Å². The van der Waals surface area contributed by atoms with Crippen LogP contribution < -0.4 is 4.74 Å². The second-order valence-electron chi connectivity index (χ2n) is 5.15. The summed E-state index contributed by atoms with van der Waals surface area (Å²) in [6.45, 7) is 8.81. The first-order valence-electron chi connectivity index (χ1n) is 6.97. The van der Waals surface area contributed by atoms with Crippen LogP contribution in [0.2, 0.25) is 0 Å². The monoisotopic (exact) mass is 310 g/mol. The third kappa shape index (κ3) is 3.45. The highest BCUT2D eigenvalue weighted by Crippen LogP contribution is 2.28. The molecule has 0 saturated carbocycles. The number of hydrogen-bond donors (Lipinski definition) is 0. The molecular formula is C15H22N2O3S. The number of sulfonamides is 1. The number of ether oxygens (including phenoxy) is 1. The van der Waals surface area contributed by atoms with Gasteiger partial charge in [-0.25, -0.2) is 8.42 Å². The molecule has 1 aromatic carbocycles. The SMILES string of the molecule is C=CCN1CCN(S(=O)(=O)c2cc(C)ccc2OC)CC1. The van der Waals surface area contributed by atoms with Gasteiger partial charge in [0.2, 0.25) is 10.0 Å². The smallest absolute Gasteiger partial charge is 0.246 e. The molecule has 0 spiro atoms. The Morgan fingerprint density at radius 1 is 1.29 bits per heavy atom. The fraction of sp³-hybridized carbons (Fsp3) is 0.467. The van der Waals surface area contributed by atoms with Gasteiger partial charge in [0, 0.05) is 32.7 Å². The Balaban J connectivity index is 2.23. The van der Waals surface area contributed by atoms with Gasteiger partial charge in [0.15, 0.2) is 0 Å². The molecule has 1 fully saturated rings. The first-order valence-corrected chi connectivity index (χ1v) is 8.41. The Kier molecular flexibility index (Phi) is 5.03. The Hall–Kier alpha value is -1.37. The quantitative estimate of drug-likeness (QED) is 0.773. The predicted octanol–water partition coefficient (Wildman–Crippen LogP) is 1.50. The lowest BCUT2D eigenvalue weighted by atomic mass is 10.2. The maximum absolute atomic E-state index is 12.8. The Labute approximate surface area is 126 Å². The number of rotatable bonds is 5. The number of piperazine rings is 1. The highest BCUT2D eigenvalue weighted by atomic mass is 32.2. The minimum Gasteiger partial charge on any atom is -0.495 e. The topological polar surface area (TPSA) is 49.9 Å². The van der Waals surface area contributed by atoms with Crippen LogP contribution in [0.25, 0.3) is 0 Å². The van der Waals surface area contributed by atoms with Crippen molar-refractivity contribution in [2.75, 3.05) is 39.8 Å². The summed E-state index contributed by atoms with van der Waals surface area (Å²) >= 11 is 0. The van der Waals surface area contributed by atoms with Crippen LogP contribution in [0.1, 0.15) is 5.56 Å². The highest BCUT2D eigenvalue weighted by molar-refractivity contribution is 7.89. The normalized spacial score (nSPS) is 17.6. The molecule has 0 aliphatic carbocycles. The van der Waals surface area contributed by atoms with E-state index in [-0.39, 0.29) is 4.90 Å². The molecule has 2 rings (SSSR count). The summed E-state index contributed by atoms with van der Waals surface area (Å²) in [5.74, 6) is 0.397. The van der Waals surface area contributed by atoms with E-state index in [9.17, 15) is 8.42 Å². The van der Waals surface area contributed by atoms with Crippen LogP contribution in [0.4, 0.5) is 0 Å². The zero-order valence-electron chi connectivity index (χ0n) is 12.6. The second-order valence-corrected chi connectivity index (χ2v) is 7.05. The Bertz CT molecular complexity index is 605. The first-order chi connectivity index (χ1) is 9.98. The molecule has 116 valence electrons. The van der Waals surface area contributed by atoms with Gasteiger partial charge in [0.05, 0.1) is 7.11 Å². The molecule has 21 heavy (non-hydrogen) atoms. The maximum atomic E-state index is 12.8. The van der Waals surface area contributed by atoms with Crippen LogP contribution in [0.15, 0.2) is 35.7 Å². The molecule has 6 heteroatoms. The number of aryl methyl sites for hydroxylation is 1. The third-order valence-electron chi connectivity index (χ3n) is 3.66. The molecule has 1 aromatic rings. The van der Waals surface area contributed by atoms with Gasteiger partial charge in [0.25, 0.3) is 0 Å². The summed E-state index contributed by atoms with van der Waals surface area (Å²) in [5, 5.41) is 0. The fourth-order valence-electron chi connectivity index (χ4n) is 2.46. The minimum absolute atomic E-state index is 0.252. The van der Waals surface area contributed by atoms with Crippen molar-refractivity contribution in [3.8, 4) is 5.75 Å². The molecule has 0 radical (unpaired) electrons. The summed E-state index contributed by atoms with van der Waals surface area (Å²) < 4.78 is 32.3. The summed E-state index contributed by atoms with van der Waals surface area (Å²) in [5.41, 5.74) is 0.902. The van der Waals surface area contributed by atoms with Crippen LogP contribution in [-0.2, 0) is 10.0 Å². The average Bonchev–Trinajstić information content (AvgIpc) is 2.48. The molecule has 0 bridgehead atoms. The van der Waals surface area contributed by atoms with E-state index in [0.717, 1.165) is 25.2 Å². The zero-order chi connectivity index (χ0) is 15.5. The van der Waals surface area contributed by atoms with Gasteiger partial charge in [-0.15, -0.1) is 6.58 Å². The van der Waals surface area contributed by atoms with Gasteiger partial charge in [-0.3, -0.25) is 4.90 Å². The van der Waals surface area contributed by atoms with Gasteiger partial charge in [-0.2, -0.15) is 4.31 Å². The van der Waals surface area contributed by atoms with E-state index < -0.39 is 10.0 Å². The van der Waals surface area contributed by atoms with E-state index in [2.05, 4.69) is 11.5 Å². The number of methoxy groups -OCH3 is 1. The molecule has 1 aliphatic rings. The molecule has 0 amide bonds. The van der Waals surface area contributed by atoms with E-state index in [1.54, 1.807) is 12.1 Å². The van der Waals surface area contributed by atoms with Crippen LogP contribution in [-0.4, -0.2) is 57.5 Å². The predicted molar refractivity (Wildman–Crippen MR) is 83.1 cm³/mol. The van der Waals surface area contributed by atoms with Gasteiger partial charge in [-0.1, -0.05) is 12.1 Å². The Morgan fingerprint density at radius 3 is 2.52 bits per heavy atom. The third-order valence-corrected chi connectivity index (χ3v) is 5.58. The summed E-state index contributed by atoms with van der Waals surface area (Å²) in [6.07, 6.45) is 1.84. The molecule has 0 aromatic heterocycles. The van der Waals surface area contributed by atoms with Crippen molar-refractivity contribution in [1.29, 1.82) is 0 Å². The molecular weight excluding hydrogens is 288 g/mol. The summed E-state index contributed by atoms with van der Waals surface area (Å²) in [4.78, 5) is 2.44. The summed E-state index contributed by atoms with van der Waals surface area (Å²) in [7, 11) is -2.02. The molecule has 1 heterocycles. The van der Waals surface area contributed by atoms with E-state index in [1.807, 2.05) is 19.1 Å². The van der Waals surface area contributed by atoms with Crippen LogP contribution in [0.5, 0.6) is 5.75 Å². The lowest BCUT2D eigenvalue weighted by molar-refractivity contribution is 0.204. The van der Waals surface area contributed by atoms with Gasteiger partial charge >= 0.3 is 0 Å². The maximum Gasteiger partial charge on any atom is 0.246 e. The van der Waals surface area contributed by atoms with E-state index in [0.29, 0.717) is 18.8 Å². The van der Waals surface area contributed by atoms with Crippen molar-refractivity contribution >= 4 is 10.0 Å². The molecule has 0 N–H and O–H groups in total. The minimum atomic E-state index is -3.51. The largest absolute Gasteiger partial charge is 0.495 e. The first kappa shape index (κ1) is 16.0. The van der Waals surface area contributed by atoms with Crippen molar-refractivity contribution < 1.29 is 13.2 Å². The van der Waals surface area contributed by atoms with E-state index in [1.165, 1.54) is 11.4 Å². The van der Waals surface area contributed by atoms with Crippen LogP contribution in [0, 0.1) is 6.92 Å². The summed E-state index contributed by atoms with van der Waals surface area (Å²) in [6, 6.07) is 5.22. The van der Waals surface area contributed by atoms with Crippen molar-refractivity contribution in [1.82, 2.24) is 9.21 Å². The molecule has 1 aliphatic heterocycles. The van der Waals surface area contributed by atoms with Gasteiger partial charge in [0.1, 0.15) is 10.6 Å². The molecule has 1 saturated heterocycles. The highest BCUT2D eigenvalue weighted by Gasteiger charge is 2.30. The van der Waals surface area contributed by atoms with Crippen LogP contribution in [0.3, 0.4) is 0 Å². The van der Waals surface area contributed by atoms with Crippen molar-refractivity contribution in [3.05, 3.63) is 36.4 Å². The van der Waals surface area contributed by atoms with Crippen molar-refractivity contribution in [3.63, 3.8) is 0 Å². The lowest BCUT2D eigenvalue weighted by Crippen LogP contribution is -2.48. The Morgan fingerprint density at radius 2 is 1.95 bits per heavy atom. The van der Waals surface area contributed by atoms with E-state index in [4.69, 9.17) is 4.74 Å². The standard InChI is InChI=1S/C15H22N2O3S/c1-4-7-16-8-10-17(11-9-16)21(18,19)15-12-13(2)5-6-14(15)20-3/h4-6,12H,1,7-11H2,2-3H3. The number of benzene rings is 1. The average molecular weight is 310 g/mol. The lowest BCUT2D eigenvalue weighted by Gasteiger charge is -2.33. The van der Waals surface area contributed by atoms with Gasteiger partial charge < -0.3 is 4.74 Å². The van der Waals surface area contributed by atoms with Gasteiger partial charge in [-0.05, 0) is 24.6 Å². The zero-order valence-corrected chi connectivity index (χ0v) is 13.4. The van der Waals surface area contributed by atoms with Crippen LogP contribution >= 0.6 is 0 Å². The fourth-order valence-corrected chi connectivity index (χ4v) is 4.12. The second kappa shape index (κ2) is 6.60. The number of hydrogen-bond acceptors (Lipinski definition) is 4. The molecule has 0 atom stereocenters. The van der Waals surface area contributed by atoms with E-state index >= 15 is 0 Å². The molecule has 5 nitrogen and oxygen atoms in total.